The number of nitrogens with zero attached hydrogens (tertiary/aromatic N) is 2. The van der Waals surface area contributed by atoms with Gasteiger partial charge in [-0.25, -0.2) is 0 Å². The molecule has 1 aliphatic rings. The van der Waals surface area contributed by atoms with Gasteiger partial charge < -0.3 is 9.64 Å². The van der Waals surface area contributed by atoms with Crippen LogP contribution in [0.25, 0.3) is 0 Å². The highest BCUT2D eigenvalue weighted by atomic mass is 32.1. The number of ether oxygens (including phenoxy) is 1. The van der Waals surface area contributed by atoms with Crippen molar-refractivity contribution in [2.75, 3.05) is 18.0 Å². The SMILES string of the molecule is Cc1cc(N2CCCCC2)cc(COc2scc(C)c2C)n1. The number of hydrogen-bond acceptors (Lipinski definition) is 4. The molecule has 0 bridgehead atoms. The molecule has 2 aromatic heterocycles. The normalized spacial score (nSPS) is 15.1. The van der Waals surface area contributed by atoms with E-state index in [1.165, 1.54) is 36.1 Å². The fourth-order valence-electron chi connectivity index (χ4n) is 2.89. The van der Waals surface area contributed by atoms with E-state index in [2.05, 4.69) is 48.2 Å². The fourth-order valence-corrected chi connectivity index (χ4v) is 3.81. The Morgan fingerprint density at radius 1 is 1.14 bits per heavy atom. The molecule has 0 unspecified atom stereocenters. The van der Waals surface area contributed by atoms with E-state index in [1.807, 2.05) is 0 Å². The molecule has 22 heavy (non-hydrogen) atoms. The molecule has 118 valence electrons. The zero-order valence-corrected chi connectivity index (χ0v) is 14.5. The molecule has 2 aromatic rings. The number of piperidine rings is 1. The zero-order valence-electron chi connectivity index (χ0n) is 13.7. The van der Waals surface area contributed by atoms with Crippen molar-refractivity contribution in [3.05, 3.63) is 40.0 Å². The van der Waals surface area contributed by atoms with Crippen LogP contribution in [0.5, 0.6) is 5.06 Å². The van der Waals surface area contributed by atoms with Crippen LogP contribution in [0.2, 0.25) is 0 Å². The van der Waals surface area contributed by atoms with Gasteiger partial charge in [0.1, 0.15) is 6.61 Å². The minimum absolute atomic E-state index is 0.545. The second kappa shape index (κ2) is 6.69. The Balaban J connectivity index is 1.73. The van der Waals surface area contributed by atoms with Gasteiger partial charge in [0.15, 0.2) is 5.06 Å². The van der Waals surface area contributed by atoms with Gasteiger partial charge in [-0.3, -0.25) is 4.98 Å². The molecule has 0 N–H and O–H groups in total. The summed E-state index contributed by atoms with van der Waals surface area (Å²) in [6.07, 6.45) is 3.94. The van der Waals surface area contributed by atoms with Gasteiger partial charge in [0.2, 0.25) is 0 Å². The first kappa shape index (κ1) is 15.3. The summed E-state index contributed by atoms with van der Waals surface area (Å²) in [5.41, 5.74) is 5.93. The molecule has 1 aliphatic heterocycles. The molecule has 0 aromatic carbocycles. The van der Waals surface area contributed by atoms with Crippen LogP contribution in [0.4, 0.5) is 5.69 Å². The highest BCUT2D eigenvalue weighted by Gasteiger charge is 2.13. The average Bonchev–Trinajstić information content (AvgIpc) is 2.85. The van der Waals surface area contributed by atoms with Crippen LogP contribution in [0.3, 0.4) is 0 Å². The summed E-state index contributed by atoms with van der Waals surface area (Å²) >= 11 is 1.67. The zero-order chi connectivity index (χ0) is 15.5. The van der Waals surface area contributed by atoms with Crippen LogP contribution in [0.1, 0.15) is 41.8 Å². The van der Waals surface area contributed by atoms with E-state index < -0.39 is 0 Å². The van der Waals surface area contributed by atoms with Gasteiger partial charge in [-0.15, -0.1) is 11.3 Å². The van der Waals surface area contributed by atoms with Crippen molar-refractivity contribution >= 4 is 17.0 Å². The number of hydrogen-bond donors (Lipinski definition) is 0. The maximum Gasteiger partial charge on any atom is 0.177 e. The van der Waals surface area contributed by atoms with E-state index in [1.54, 1.807) is 11.3 Å². The molecule has 3 nitrogen and oxygen atoms in total. The summed E-state index contributed by atoms with van der Waals surface area (Å²) in [7, 11) is 0. The summed E-state index contributed by atoms with van der Waals surface area (Å²) in [5.74, 6) is 0. The van der Waals surface area contributed by atoms with Crippen molar-refractivity contribution in [2.24, 2.45) is 0 Å². The monoisotopic (exact) mass is 316 g/mol. The van der Waals surface area contributed by atoms with Crippen LogP contribution in [-0.2, 0) is 6.61 Å². The predicted octanol–water partition coefficient (Wildman–Crippen LogP) is 4.64. The third-order valence-electron chi connectivity index (χ3n) is 4.30. The lowest BCUT2D eigenvalue weighted by molar-refractivity contribution is 0.308. The number of thiophene rings is 1. The van der Waals surface area contributed by atoms with Gasteiger partial charge in [0, 0.05) is 30.0 Å². The van der Waals surface area contributed by atoms with Gasteiger partial charge in [-0.05, 0) is 63.1 Å². The molecule has 0 saturated carbocycles. The first-order valence-electron chi connectivity index (χ1n) is 8.03. The number of pyridine rings is 1. The van der Waals surface area contributed by atoms with Gasteiger partial charge in [0.25, 0.3) is 0 Å². The summed E-state index contributed by atoms with van der Waals surface area (Å²) in [4.78, 5) is 7.11. The first-order valence-corrected chi connectivity index (χ1v) is 8.91. The van der Waals surface area contributed by atoms with E-state index in [0.717, 1.165) is 29.5 Å². The van der Waals surface area contributed by atoms with E-state index in [0.29, 0.717) is 6.61 Å². The molecule has 3 rings (SSSR count). The summed E-state index contributed by atoms with van der Waals surface area (Å²) in [6, 6.07) is 4.38. The quantitative estimate of drug-likeness (QED) is 0.822. The van der Waals surface area contributed by atoms with Crippen molar-refractivity contribution in [2.45, 2.75) is 46.6 Å². The Morgan fingerprint density at radius 3 is 2.59 bits per heavy atom. The van der Waals surface area contributed by atoms with Gasteiger partial charge in [-0.1, -0.05) is 0 Å². The van der Waals surface area contributed by atoms with E-state index in [4.69, 9.17) is 4.74 Å². The van der Waals surface area contributed by atoms with Gasteiger partial charge >= 0.3 is 0 Å². The van der Waals surface area contributed by atoms with Crippen molar-refractivity contribution < 1.29 is 4.74 Å². The minimum atomic E-state index is 0.545. The van der Waals surface area contributed by atoms with Crippen molar-refractivity contribution in [3.63, 3.8) is 0 Å². The molecule has 0 radical (unpaired) electrons. The smallest absolute Gasteiger partial charge is 0.177 e. The lowest BCUT2D eigenvalue weighted by Gasteiger charge is -2.29. The average molecular weight is 316 g/mol. The third kappa shape index (κ3) is 3.43. The van der Waals surface area contributed by atoms with E-state index >= 15 is 0 Å². The molecule has 0 aliphatic carbocycles. The standard InChI is InChI=1S/C18H24N2OS/c1-13-12-22-18(15(13)3)21-11-16-10-17(9-14(2)19-16)20-7-5-4-6-8-20/h9-10,12H,4-8,11H2,1-3H3. The van der Waals surface area contributed by atoms with Crippen LogP contribution in [0, 0.1) is 20.8 Å². The molecule has 1 fully saturated rings. The Morgan fingerprint density at radius 2 is 1.91 bits per heavy atom. The Labute approximate surface area is 137 Å². The molecular weight excluding hydrogens is 292 g/mol. The predicted molar refractivity (Wildman–Crippen MR) is 93.2 cm³/mol. The lowest BCUT2D eigenvalue weighted by Crippen LogP contribution is -2.29. The Hall–Kier alpha value is -1.55. The molecule has 0 amide bonds. The number of aromatic nitrogens is 1. The maximum absolute atomic E-state index is 5.98. The second-order valence-electron chi connectivity index (χ2n) is 6.13. The van der Waals surface area contributed by atoms with Crippen molar-refractivity contribution in [1.82, 2.24) is 4.98 Å². The first-order chi connectivity index (χ1) is 10.6. The van der Waals surface area contributed by atoms with Gasteiger partial charge in [0.05, 0.1) is 5.69 Å². The Kier molecular flexibility index (Phi) is 4.67. The molecular formula is C18H24N2OS. The summed E-state index contributed by atoms with van der Waals surface area (Å²) in [6.45, 7) is 9.17. The van der Waals surface area contributed by atoms with Crippen LogP contribution >= 0.6 is 11.3 Å². The summed E-state index contributed by atoms with van der Waals surface area (Å²) in [5, 5.41) is 3.16. The van der Waals surface area contributed by atoms with Crippen LogP contribution < -0.4 is 9.64 Å². The molecule has 3 heterocycles. The maximum atomic E-state index is 5.98. The second-order valence-corrected chi connectivity index (χ2v) is 6.97. The third-order valence-corrected chi connectivity index (χ3v) is 5.41. The molecule has 4 heteroatoms. The van der Waals surface area contributed by atoms with Crippen LogP contribution in [-0.4, -0.2) is 18.1 Å². The highest BCUT2D eigenvalue weighted by molar-refractivity contribution is 7.12. The minimum Gasteiger partial charge on any atom is -0.477 e. The van der Waals surface area contributed by atoms with Gasteiger partial charge in [-0.2, -0.15) is 0 Å². The number of aryl methyl sites for hydroxylation is 2. The largest absolute Gasteiger partial charge is 0.477 e. The fraction of sp³-hybridized carbons (Fsp3) is 0.500. The van der Waals surface area contributed by atoms with Crippen molar-refractivity contribution in [3.8, 4) is 5.06 Å². The molecule has 0 spiro atoms. The van der Waals surface area contributed by atoms with E-state index in [-0.39, 0.29) is 0 Å². The molecule has 1 saturated heterocycles. The Bertz CT molecular complexity index is 645. The highest BCUT2D eigenvalue weighted by Crippen LogP contribution is 2.30. The van der Waals surface area contributed by atoms with E-state index in [9.17, 15) is 0 Å². The summed E-state index contributed by atoms with van der Waals surface area (Å²) < 4.78 is 5.98. The van der Waals surface area contributed by atoms with Crippen LogP contribution in [0.15, 0.2) is 17.5 Å². The van der Waals surface area contributed by atoms with Crippen molar-refractivity contribution in [1.29, 1.82) is 0 Å². The topological polar surface area (TPSA) is 25.4 Å². The number of rotatable bonds is 4. The number of anilines is 1. The lowest BCUT2D eigenvalue weighted by atomic mass is 10.1. The molecule has 0 atom stereocenters.